The van der Waals surface area contributed by atoms with Gasteiger partial charge in [-0.1, -0.05) is 36.4 Å². The van der Waals surface area contributed by atoms with Gasteiger partial charge in [0.15, 0.2) is 0 Å². The van der Waals surface area contributed by atoms with Crippen LogP contribution < -0.4 is 10.0 Å². The van der Waals surface area contributed by atoms with Crippen LogP contribution in [0.15, 0.2) is 83.8 Å². The standard InChI is InChI=1S/C25H25N3O4S/c29-24(26-23-15-6-5-14-22(23)25(30)28-16-7-2-8-17-28)19-10-9-13-21(18-19)33(31,32)27-20-11-3-1-4-12-20/h1,3-6,9-15,18,27H,2,7-8,16-17H2,(H,26,29). The van der Waals surface area contributed by atoms with Gasteiger partial charge in [0.25, 0.3) is 21.8 Å². The van der Waals surface area contributed by atoms with Gasteiger partial charge in [-0.25, -0.2) is 8.42 Å². The van der Waals surface area contributed by atoms with Gasteiger partial charge in [0.2, 0.25) is 0 Å². The second-order valence-electron chi connectivity index (χ2n) is 7.85. The number of anilines is 2. The van der Waals surface area contributed by atoms with Crippen molar-refractivity contribution in [2.75, 3.05) is 23.1 Å². The van der Waals surface area contributed by atoms with Crippen LogP contribution in [-0.4, -0.2) is 38.2 Å². The molecule has 1 saturated heterocycles. The van der Waals surface area contributed by atoms with Crippen molar-refractivity contribution in [2.45, 2.75) is 24.2 Å². The molecular formula is C25H25N3O4S. The Morgan fingerprint density at radius 2 is 1.48 bits per heavy atom. The predicted octanol–water partition coefficient (Wildman–Crippen LogP) is 4.37. The third-order valence-electron chi connectivity index (χ3n) is 5.48. The molecule has 1 aliphatic heterocycles. The van der Waals surface area contributed by atoms with Crippen LogP contribution in [0.2, 0.25) is 0 Å². The average molecular weight is 464 g/mol. The van der Waals surface area contributed by atoms with Crippen molar-refractivity contribution in [2.24, 2.45) is 0 Å². The number of nitrogens with zero attached hydrogens (tertiary/aromatic N) is 1. The van der Waals surface area contributed by atoms with Crippen LogP contribution in [0, 0.1) is 0 Å². The summed E-state index contributed by atoms with van der Waals surface area (Å²) in [6.45, 7) is 1.41. The van der Waals surface area contributed by atoms with E-state index < -0.39 is 15.9 Å². The summed E-state index contributed by atoms with van der Waals surface area (Å²) in [6.07, 6.45) is 3.05. The number of hydrogen-bond donors (Lipinski definition) is 2. The van der Waals surface area contributed by atoms with E-state index in [1.807, 2.05) is 0 Å². The quantitative estimate of drug-likeness (QED) is 0.568. The predicted molar refractivity (Wildman–Crippen MR) is 128 cm³/mol. The zero-order valence-corrected chi connectivity index (χ0v) is 18.8. The molecule has 4 rings (SSSR count). The normalized spacial score (nSPS) is 13.9. The fourth-order valence-electron chi connectivity index (χ4n) is 3.77. The van der Waals surface area contributed by atoms with E-state index in [4.69, 9.17) is 0 Å². The van der Waals surface area contributed by atoms with Crippen molar-refractivity contribution in [1.82, 2.24) is 4.90 Å². The van der Waals surface area contributed by atoms with E-state index in [2.05, 4.69) is 10.0 Å². The second kappa shape index (κ2) is 9.87. The van der Waals surface area contributed by atoms with Crippen LogP contribution >= 0.6 is 0 Å². The van der Waals surface area contributed by atoms with Crippen molar-refractivity contribution in [3.05, 3.63) is 90.0 Å². The molecule has 1 heterocycles. The van der Waals surface area contributed by atoms with E-state index in [0.717, 1.165) is 19.3 Å². The van der Waals surface area contributed by atoms with Gasteiger partial charge in [-0.3, -0.25) is 14.3 Å². The summed E-state index contributed by atoms with van der Waals surface area (Å²) < 4.78 is 28.0. The molecule has 0 bridgehead atoms. The van der Waals surface area contributed by atoms with Crippen LogP contribution in [0.4, 0.5) is 11.4 Å². The monoisotopic (exact) mass is 463 g/mol. The summed E-state index contributed by atoms with van der Waals surface area (Å²) in [7, 11) is -3.87. The minimum Gasteiger partial charge on any atom is -0.339 e. The Hall–Kier alpha value is -3.65. The lowest BCUT2D eigenvalue weighted by atomic mass is 10.1. The molecule has 0 radical (unpaired) electrons. The van der Waals surface area contributed by atoms with Gasteiger partial charge in [-0.2, -0.15) is 0 Å². The SMILES string of the molecule is O=C(Nc1ccccc1C(=O)N1CCCCC1)c1cccc(S(=O)(=O)Nc2ccccc2)c1. The second-order valence-corrected chi connectivity index (χ2v) is 9.53. The van der Waals surface area contributed by atoms with Crippen LogP contribution in [-0.2, 0) is 10.0 Å². The van der Waals surface area contributed by atoms with E-state index in [1.165, 1.54) is 24.3 Å². The molecule has 0 aromatic heterocycles. The number of likely N-dealkylation sites (tertiary alicyclic amines) is 1. The minimum absolute atomic E-state index is 0.0309. The number of piperidine rings is 1. The maximum atomic E-state index is 13.0. The average Bonchev–Trinajstić information content (AvgIpc) is 2.85. The summed E-state index contributed by atoms with van der Waals surface area (Å²) in [6, 6.07) is 21.2. The Balaban J connectivity index is 1.54. The molecule has 3 aromatic carbocycles. The largest absolute Gasteiger partial charge is 0.339 e. The molecule has 8 heteroatoms. The Labute approximate surface area is 193 Å². The minimum atomic E-state index is -3.87. The van der Waals surface area contributed by atoms with Crippen molar-refractivity contribution in [3.63, 3.8) is 0 Å². The lowest BCUT2D eigenvalue weighted by Crippen LogP contribution is -2.36. The smallest absolute Gasteiger partial charge is 0.261 e. The molecule has 0 unspecified atom stereocenters. The number of hydrogen-bond acceptors (Lipinski definition) is 4. The van der Waals surface area contributed by atoms with E-state index in [9.17, 15) is 18.0 Å². The summed E-state index contributed by atoms with van der Waals surface area (Å²) in [5.41, 5.74) is 1.42. The van der Waals surface area contributed by atoms with Crippen molar-refractivity contribution in [1.29, 1.82) is 0 Å². The van der Waals surface area contributed by atoms with Crippen molar-refractivity contribution in [3.8, 4) is 0 Å². The molecule has 0 spiro atoms. The number of sulfonamides is 1. The first-order valence-electron chi connectivity index (χ1n) is 10.8. The zero-order chi connectivity index (χ0) is 23.3. The molecule has 1 aliphatic rings. The highest BCUT2D eigenvalue weighted by molar-refractivity contribution is 7.92. The number of para-hydroxylation sites is 2. The van der Waals surface area contributed by atoms with Crippen molar-refractivity contribution < 1.29 is 18.0 Å². The lowest BCUT2D eigenvalue weighted by molar-refractivity contribution is 0.0725. The first-order chi connectivity index (χ1) is 15.9. The van der Waals surface area contributed by atoms with Gasteiger partial charge >= 0.3 is 0 Å². The fourth-order valence-corrected chi connectivity index (χ4v) is 4.87. The molecular weight excluding hydrogens is 438 g/mol. The number of amides is 2. The van der Waals surface area contributed by atoms with Gasteiger partial charge in [0, 0.05) is 24.3 Å². The zero-order valence-electron chi connectivity index (χ0n) is 18.0. The van der Waals surface area contributed by atoms with Gasteiger partial charge in [-0.05, 0) is 61.7 Å². The highest BCUT2D eigenvalue weighted by Crippen LogP contribution is 2.22. The number of carbonyl (C=O) groups is 2. The summed E-state index contributed by atoms with van der Waals surface area (Å²) in [5, 5.41) is 2.77. The molecule has 170 valence electrons. The Kier molecular flexibility index (Phi) is 6.74. The van der Waals surface area contributed by atoms with Gasteiger partial charge < -0.3 is 10.2 Å². The van der Waals surface area contributed by atoms with Crippen LogP contribution in [0.5, 0.6) is 0 Å². The fraction of sp³-hybridized carbons (Fsp3) is 0.200. The van der Waals surface area contributed by atoms with Gasteiger partial charge in [0.1, 0.15) is 0 Å². The van der Waals surface area contributed by atoms with E-state index in [0.29, 0.717) is 30.0 Å². The number of carbonyl (C=O) groups excluding carboxylic acids is 2. The van der Waals surface area contributed by atoms with Crippen LogP contribution in [0.1, 0.15) is 40.0 Å². The molecule has 2 amide bonds. The lowest BCUT2D eigenvalue weighted by Gasteiger charge is -2.27. The Morgan fingerprint density at radius 3 is 2.24 bits per heavy atom. The first-order valence-corrected chi connectivity index (χ1v) is 12.3. The van der Waals surface area contributed by atoms with Gasteiger partial charge in [0.05, 0.1) is 16.1 Å². The highest BCUT2D eigenvalue weighted by Gasteiger charge is 2.22. The summed E-state index contributed by atoms with van der Waals surface area (Å²) in [4.78, 5) is 27.7. The molecule has 2 N–H and O–H groups in total. The first kappa shape index (κ1) is 22.5. The number of nitrogens with one attached hydrogen (secondary N) is 2. The van der Waals surface area contributed by atoms with Crippen LogP contribution in [0.3, 0.4) is 0 Å². The van der Waals surface area contributed by atoms with E-state index in [1.54, 1.807) is 59.5 Å². The van der Waals surface area contributed by atoms with Crippen LogP contribution in [0.25, 0.3) is 0 Å². The topological polar surface area (TPSA) is 95.6 Å². The summed E-state index contributed by atoms with van der Waals surface area (Å²) >= 11 is 0. The van der Waals surface area contributed by atoms with E-state index in [-0.39, 0.29) is 16.4 Å². The molecule has 1 fully saturated rings. The molecule has 3 aromatic rings. The third kappa shape index (κ3) is 5.40. The van der Waals surface area contributed by atoms with E-state index >= 15 is 0 Å². The molecule has 7 nitrogen and oxygen atoms in total. The maximum absolute atomic E-state index is 13.0. The Bertz CT molecular complexity index is 1250. The highest BCUT2D eigenvalue weighted by atomic mass is 32.2. The van der Waals surface area contributed by atoms with Crippen molar-refractivity contribution >= 4 is 33.2 Å². The molecule has 0 atom stereocenters. The van der Waals surface area contributed by atoms with Gasteiger partial charge in [-0.15, -0.1) is 0 Å². The molecule has 0 saturated carbocycles. The maximum Gasteiger partial charge on any atom is 0.261 e. The molecule has 33 heavy (non-hydrogen) atoms. The molecule has 0 aliphatic carbocycles. The summed E-state index contributed by atoms with van der Waals surface area (Å²) in [5.74, 6) is -0.611. The number of benzene rings is 3. The number of rotatable bonds is 6. The Morgan fingerprint density at radius 1 is 0.788 bits per heavy atom. The third-order valence-corrected chi connectivity index (χ3v) is 6.86.